The van der Waals surface area contributed by atoms with Crippen LogP contribution >= 0.6 is 0 Å². The minimum atomic E-state index is -2.12. The van der Waals surface area contributed by atoms with Gasteiger partial charge in [-0.2, -0.15) is 4.98 Å². The number of fused-ring (bicyclic) bond motifs is 1. The second-order valence-electron chi connectivity index (χ2n) is 14.8. The number of hydrogen-bond donors (Lipinski definition) is 1. The Labute approximate surface area is 262 Å². The zero-order valence-corrected chi connectivity index (χ0v) is 29.8. The lowest BCUT2D eigenvalue weighted by Gasteiger charge is -2.40. The summed E-state index contributed by atoms with van der Waals surface area (Å²) in [6, 6.07) is 12.3. The number of nitrogens with zero attached hydrogens (tertiary/aromatic N) is 3. The van der Waals surface area contributed by atoms with E-state index in [0.29, 0.717) is 30.8 Å². The van der Waals surface area contributed by atoms with Crippen molar-refractivity contribution >= 4 is 38.9 Å². The predicted octanol–water partition coefficient (Wildman–Crippen LogP) is 7.62. The quantitative estimate of drug-likeness (QED) is 0.137. The van der Waals surface area contributed by atoms with Gasteiger partial charge in [-0.3, -0.25) is 14.7 Å². The van der Waals surface area contributed by atoms with Crippen LogP contribution in [0.2, 0.25) is 36.3 Å². The van der Waals surface area contributed by atoms with E-state index in [9.17, 15) is 14.9 Å². The molecule has 1 aliphatic rings. The number of aromatic nitrogens is 2. The topological polar surface area (TPSA) is 118 Å². The summed E-state index contributed by atoms with van der Waals surface area (Å²) in [6.45, 7) is 23.0. The van der Waals surface area contributed by atoms with Gasteiger partial charge >= 0.3 is 5.69 Å². The van der Waals surface area contributed by atoms with E-state index in [2.05, 4.69) is 78.0 Å². The Morgan fingerprint density at radius 3 is 2.34 bits per heavy atom. The van der Waals surface area contributed by atoms with Crippen molar-refractivity contribution < 1.29 is 18.5 Å². The Bertz CT molecular complexity index is 1560. The Kier molecular flexibility index (Phi) is 9.63. The van der Waals surface area contributed by atoms with E-state index in [-0.39, 0.29) is 32.9 Å². The molecule has 240 valence electrons. The van der Waals surface area contributed by atoms with Crippen molar-refractivity contribution in [3.8, 4) is 0 Å². The van der Waals surface area contributed by atoms with Crippen LogP contribution in [0.4, 0.5) is 11.5 Å². The highest BCUT2D eigenvalue weighted by Gasteiger charge is 2.46. The van der Waals surface area contributed by atoms with E-state index in [1.165, 1.54) is 10.6 Å². The Morgan fingerprint density at radius 1 is 1.05 bits per heavy atom. The van der Waals surface area contributed by atoms with Crippen LogP contribution < -0.4 is 11.0 Å². The standard InChI is InChI=1S/C32H48N4O6Si2/c1-31(2,3)43(7,8)40-21-27-26(42-44(9,10)32(4,5)6)19-29(41-27)35-17-16-28(34-30(35)37)33-20-22-14-15-23-12-11-13-25(36(38)39)24(23)18-22/h11-18,26-27,29H,19-21H2,1-10H3,(H,33,34,37)/t26-,27+,29+/m0/s1. The molecular formula is C32H48N4O6Si2. The van der Waals surface area contributed by atoms with Gasteiger partial charge in [-0.25, -0.2) is 4.79 Å². The minimum absolute atomic E-state index is 0.0254. The molecule has 3 aromatic rings. The lowest BCUT2D eigenvalue weighted by Crippen LogP contribution is -2.48. The van der Waals surface area contributed by atoms with Crippen molar-refractivity contribution in [2.75, 3.05) is 11.9 Å². The summed E-state index contributed by atoms with van der Waals surface area (Å²) < 4.78 is 21.4. The fourth-order valence-electron chi connectivity index (χ4n) is 4.70. The number of ether oxygens (including phenoxy) is 1. The van der Waals surface area contributed by atoms with Crippen molar-refractivity contribution in [2.24, 2.45) is 0 Å². The number of anilines is 1. The van der Waals surface area contributed by atoms with Crippen LogP contribution in [0.3, 0.4) is 0 Å². The first-order valence-electron chi connectivity index (χ1n) is 15.3. The van der Waals surface area contributed by atoms with Crippen molar-refractivity contribution in [1.29, 1.82) is 0 Å². The van der Waals surface area contributed by atoms with Crippen LogP contribution in [0.5, 0.6) is 0 Å². The van der Waals surface area contributed by atoms with Gasteiger partial charge in [0.25, 0.3) is 5.69 Å². The number of nitro groups is 1. The summed E-state index contributed by atoms with van der Waals surface area (Å²) in [4.78, 5) is 28.6. The molecule has 0 aliphatic carbocycles. The highest BCUT2D eigenvalue weighted by molar-refractivity contribution is 6.74. The van der Waals surface area contributed by atoms with Crippen LogP contribution in [0.15, 0.2) is 53.5 Å². The Morgan fingerprint density at radius 2 is 1.73 bits per heavy atom. The molecule has 0 bridgehead atoms. The van der Waals surface area contributed by atoms with Gasteiger partial charge in [0.2, 0.25) is 0 Å². The van der Waals surface area contributed by atoms with Crippen molar-refractivity contribution in [2.45, 2.75) is 109 Å². The number of nitrogens with one attached hydrogen (secondary N) is 1. The first kappa shape index (κ1) is 34.0. The third kappa shape index (κ3) is 7.48. The maximum absolute atomic E-state index is 13.2. The molecule has 1 aliphatic heterocycles. The Hall–Kier alpha value is -2.91. The molecule has 2 aromatic carbocycles. The molecule has 0 radical (unpaired) electrons. The highest BCUT2D eigenvalue weighted by atomic mass is 28.4. The lowest BCUT2D eigenvalue weighted by molar-refractivity contribution is -0.383. The second kappa shape index (κ2) is 12.5. The van der Waals surface area contributed by atoms with Crippen LogP contribution in [0.1, 0.15) is 59.8 Å². The molecule has 3 atom stereocenters. The van der Waals surface area contributed by atoms with E-state index >= 15 is 0 Å². The van der Waals surface area contributed by atoms with Gasteiger partial charge in [0.15, 0.2) is 16.6 Å². The lowest BCUT2D eigenvalue weighted by atomic mass is 10.1. The van der Waals surface area contributed by atoms with Gasteiger partial charge in [-0.05, 0) is 59.3 Å². The monoisotopic (exact) mass is 640 g/mol. The summed E-state index contributed by atoms with van der Waals surface area (Å²) >= 11 is 0. The predicted molar refractivity (Wildman–Crippen MR) is 180 cm³/mol. The SMILES string of the molecule is CC(C)(C)[Si](C)(C)OC[C@H]1O[C@@H](n2ccc(NCc3ccc4cccc([N+](=O)[O-])c4c3)nc2=O)C[C@@H]1O[Si](C)(C)C(C)(C)C. The van der Waals surface area contributed by atoms with Crippen LogP contribution in [0.25, 0.3) is 10.8 Å². The molecule has 1 aromatic heterocycles. The molecule has 1 fully saturated rings. The number of non-ortho nitro benzene ring substituents is 1. The maximum Gasteiger partial charge on any atom is 0.351 e. The van der Waals surface area contributed by atoms with Crippen LogP contribution in [-0.4, -0.2) is 49.9 Å². The molecule has 44 heavy (non-hydrogen) atoms. The molecular weight excluding hydrogens is 593 g/mol. The average molecular weight is 641 g/mol. The van der Waals surface area contributed by atoms with Crippen molar-refractivity contribution in [3.63, 3.8) is 0 Å². The minimum Gasteiger partial charge on any atom is -0.414 e. The number of rotatable bonds is 10. The second-order valence-corrected chi connectivity index (χ2v) is 24.4. The summed E-state index contributed by atoms with van der Waals surface area (Å²) in [5.41, 5.74) is 0.476. The number of hydrogen-bond acceptors (Lipinski definition) is 8. The Balaban J connectivity index is 1.50. The summed E-state index contributed by atoms with van der Waals surface area (Å²) in [5, 5.41) is 16.1. The largest absolute Gasteiger partial charge is 0.414 e. The normalized spacial score (nSPS) is 19.8. The zero-order chi connectivity index (χ0) is 32.7. The van der Waals surface area contributed by atoms with Gasteiger partial charge in [-0.15, -0.1) is 0 Å². The summed E-state index contributed by atoms with van der Waals surface area (Å²) in [5.74, 6) is 0.416. The van der Waals surface area contributed by atoms with Gasteiger partial charge in [-0.1, -0.05) is 65.8 Å². The van der Waals surface area contributed by atoms with Crippen LogP contribution in [-0.2, 0) is 20.1 Å². The third-order valence-corrected chi connectivity index (χ3v) is 18.6. The van der Waals surface area contributed by atoms with Crippen LogP contribution in [0, 0.1) is 10.1 Å². The number of nitro benzene ring substituents is 1. The third-order valence-electron chi connectivity index (χ3n) is 9.58. The highest BCUT2D eigenvalue weighted by Crippen LogP contribution is 2.42. The summed E-state index contributed by atoms with van der Waals surface area (Å²) in [6.07, 6.45) is 1.21. The van der Waals surface area contributed by atoms with Gasteiger partial charge < -0.3 is 18.9 Å². The van der Waals surface area contributed by atoms with E-state index in [1.807, 2.05) is 18.2 Å². The van der Waals surface area contributed by atoms with E-state index in [1.54, 1.807) is 24.4 Å². The maximum atomic E-state index is 13.2. The zero-order valence-electron chi connectivity index (χ0n) is 27.8. The van der Waals surface area contributed by atoms with Gasteiger partial charge in [0, 0.05) is 25.2 Å². The fraction of sp³-hybridized carbons (Fsp3) is 0.562. The van der Waals surface area contributed by atoms with E-state index < -0.39 is 28.6 Å². The molecule has 2 heterocycles. The van der Waals surface area contributed by atoms with Gasteiger partial charge in [0.1, 0.15) is 18.1 Å². The average Bonchev–Trinajstić information content (AvgIpc) is 3.30. The molecule has 12 heteroatoms. The molecule has 0 amide bonds. The molecule has 0 spiro atoms. The number of benzene rings is 2. The molecule has 10 nitrogen and oxygen atoms in total. The van der Waals surface area contributed by atoms with Crippen molar-refractivity contribution in [3.05, 3.63) is 74.8 Å². The molecule has 4 rings (SSSR count). The summed E-state index contributed by atoms with van der Waals surface area (Å²) in [7, 11) is -4.15. The van der Waals surface area contributed by atoms with Crippen molar-refractivity contribution in [1.82, 2.24) is 9.55 Å². The smallest absolute Gasteiger partial charge is 0.351 e. The van der Waals surface area contributed by atoms with E-state index in [0.717, 1.165) is 10.9 Å². The molecule has 0 saturated carbocycles. The first-order chi connectivity index (χ1) is 20.3. The first-order valence-corrected chi connectivity index (χ1v) is 21.1. The fourth-order valence-corrected chi connectivity index (χ4v) is 7.08. The molecule has 0 unspecified atom stereocenters. The van der Waals surface area contributed by atoms with Gasteiger partial charge in [0.05, 0.1) is 23.0 Å². The van der Waals surface area contributed by atoms with E-state index in [4.69, 9.17) is 13.6 Å². The molecule has 1 N–H and O–H groups in total. The molecule has 1 saturated heterocycles.